The Hall–Kier alpha value is -1.76. The molecule has 4 saturated carbocycles. The zero-order valence-electron chi connectivity index (χ0n) is 34.1. The molecule has 2 aromatic rings. The zero-order chi connectivity index (χ0) is 36.5. The lowest BCUT2D eigenvalue weighted by Crippen LogP contribution is -2.45. The van der Waals surface area contributed by atoms with Gasteiger partial charge in [-0.2, -0.15) is 0 Å². The molecule has 0 bridgehead atoms. The van der Waals surface area contributed by atoms with Crippen molar-refractivity contribution in [1.82, 2.24) is 0 Å². The summed E-state index contributed by atoms with van der Waals surface area (Å²) in [5.74, 6) is 7.12. The third-order valence-electron chi connectivity index (χ3n) is 15.9. The second kappa shape index (κ2) is 14.1. The summed E-state index contributed by atoms with van der Waals surface area (Å²) < 4.78 is 23.3. The van der Waals surface area contributed by atoms with E-state index in [9.17, 15) is 0 Å². The fourth-order valence-electron chi connectivity index (χ4n) is 13.3. The molecule has 0 spiro atoms. The summed E-state index contributed by atoms with van der Waals surface area (Å²) in [7, 11) is 6.08. The standard InChI is InChI=1S/C23H36O2Si.C22H33BO2/c1-23-12-11-16-17(19(23)9-10-22(23)25-3)8-7-15-13-20(24-2)21(14-18(15)16)26(4,5)6;1-22-11-10-15-16(18(22)8-9-21(22)25-5)7-6-14-12-20(24-4)19(23(2)3)13-17(14)15/h13-14,16-17,19,22H,7-12H2,1-6H3;12-13,15-16,18,21H,6-11H2,1-5H3/t16?,17?,19?,22?,23-;15?,16?,18?,21?,22-/m00/s1. The lowest BCUT2D eigenvalue weighted by Gasteiger charge is -2.50. The summed E-state index contributed by atoms with van der Waals surface area (Å²) in [6, 6.07) is 9.81. The van der Waals surface area contributed by atoms with Gasteiger partial charge < -0.3 is 18.9 Å². The Morgan fingerprint density at radius 1 is 0.608 bits per heavy atom. The number of rotatable bonds is 6. The Kier molecular flexibility index (Phi) is 10.4. The van der Waals surface area contributed by atoms with Crippen molar-refractivity contribution in [2.24, 2.45) is 34.5 Å². The van der Waals surface area contributed by atoms with Gasteiger partial charge in [-0.3, -0.25) is 0 Å². The quantitative estimate of drug-likeness (QED) is 0.280. The monoisotopic (exact) mass is 713 g/mol. The van der Waals surface area contributed by atoms with Crippen LogP contribution in [0.4, 0.5) is 0 Å². The van der Waals surface area contributed by atoms with Gasteiger partial charge in [0.2, 0.25) is 0 Å². The van der Waals surface area contributed by atoms with Gasteiger partial charge in [0.15, 0.2) is 6.71 Å². The summed E-state index contributed by atoms with van der Waals surface area (Å²) in [6.45, 7) is 17.4. The van der Waals surface area contributed by atoms with Crippen molar-refractivity contribution in [3.05, 3.63) is 46.5 Å². The minimum absolute atomic E-state index is 0.404. The SMILES string of the molecule is COc1cc2c(cc1B(C)C)C1CC[C@]3(C)C(OC)CCC3C1CC2.COc1cc2c(cc1[Si](C)(C)C)C1CC[C@]3(C)C(OC)CCC3C1CC2. The Labute approximate surface area is 312 Å². The van der Waals surface area contributed by atoms with E-state index < -0.39 is 8.07 Å². The van der Waals surface area contributed by atoms with E-state index >= 15 is 0 Å². The minimum Gasteiger partial charge on any atom is -0.497 e. The van der Waals surface area contributed by atoms with Crippen LogP contribution in [-0.2, 0) is 22.3 Å². The number of ether oxygens (including phenoxy) is 4. The minimum atomic E-state index is -1.42. The largest absolute Gasteiger partial charge is 0.497 e. The van der Waals surface area contributed by atoms with Gasteiger partial charge in [-0.05, 0) is 168 Å². The van der Waals surface area contributed by atoms with Crippen LogP contribution in [0.5, 0.6) is 11.5 Å². The van der Waals surface area contributed by atoms with Gasteiger partial charge in [-0.25, -0.2) is 0 Å². The molecular formula is C45H69BO4Si. The van der Waals surface area contributed by atoms with E-state index in [4.69, 9.17) is 18.9 Å². The molecule has 6 aliphatic rings. The zero-order valence-corrected chi connectivity index (χ0v) is 35.1. The van der Waals surface area contributed by atoms with E-state index in [2.05, 4.69) is 71.4 Å². The molecule has 0 aliphatic heterocycles. The maximum atomic E-state index is 5.92. The third-order valence-corrected chi connectivity index (χ3v) is 18.0. The summed E-state index contributed by atoms with van der Waals surface area (Å²) in [5.41, 5.74) is 8.62. The maximum Gasteiger partial charge on any atom is 0.174 e. The first-order valence-electron chi connectivity index (χ1n) is 20.8. The highest BCUT2D eigenvalue weighted by Crippen LogP contribution is 2.63. The van der Waals surface area contributed by atoms with Gasteiger partial charge in [-0.1, -0.05) is 59.3 Å². The Morgan fingerprint density at radius 2 is 1.08 bits per heavy atom. The first kappa shape index (κ1) is 37.6. The molecule has 0 heterocycles. The Bertz CT molecular complexity index is 1580. The fourth-order valence-corrected chi connectivity index (χ4v) is 14.8. The highest BCUT2D eigenvalue weighted by molar-refractivity contribution is 6.89. The van der Waals surface area contributed by atoms with Gasteiger partial charge in [0.25, 0.3) is 0 Å². The molecule has 4 fully saturated rings. The number of fused-ring (bicyclic) bond motifs is 10. The van der Waals surface area contributed by atoms with E-state index in [0.29, 0.717) is 29.8 Å². The average Bonchev–Trinajstić information content (AvgIpc) is 3.65. The van der Waals surface area contributed by atoms with Crippen molar-refractivity contribution in [2.75, 3.05) is 28.4 Å². The van der Waals surface area contributed by atoms with Crippen molar-refractivity contribution in [2.45, 2.75) is 148 Å². The van der Waals surface area contributed by atoms with E-state index in [0.717, 1.165) is 47.0 Å². The first-order valence-corrected chi connectivity index (χ1v) is 24.3. The molecule has 4 nitrogen and oxygen atoms in total. The molecule has 0 radical (unpaired) electrons. The number of aryl methyl sites for hydroxylation is 2. The predicted molar refractivity (Wildman–Crippen MR) is 217 cm³/mol. The summed E-state index contributed by atoms with van der Waals surface area (Å²) in [4.78, 5) is 0. The Morgan fingerprint density at radius 3 is 1.51 bits per heavy atom. The lowest BCUT2D eigenvalue weighted by atomic mass is 9.48. The van der Waals surface area contributed by atoms with Gasteiger partial charge >= 0.3 is 0 Å². The lowest BCUT2D eigenvalue weighted by molar-refractivity contribution is -0.0444. The van der Waals surface area contributed by atoms with Crippen molar-refractivity contribution < 1.29 is 18.9 Å². The highest BCUT2D eigenvalue weighted by atomic mass is 28.3. The molecule has 0 N–H and O–H groups in total. The fraction of sp³-hybridized carbons (Fsp3) is 0.733. The number of benzene rings is 2. The van der Waals surface area contributed by atoms with Crippen molar-refractivity contribution in [1.29, 1.82) is 0 Å². The third kappa shape index (κ3) is 6.27. The van der Waals surface area contributed by atoms with Gasteiger partial charge in [0.1, 0.15) is 11.5 Å². The second-order valence-corrected chi connectivity index (χ2v) is 24.5. The molecular weight excluding hydrogens is 643 g/mol. The Balaban J connectivity index is 0.000000159. The molecule has 10 atom stereocenters. The van der Waals surface area contributed by atoms with E-state index in [1.165, 1.54) is 87.7 Å². The van der Waals surface area contributed by atoms with Crippen molar-refractivity contribution in [3.8, 4) is 11.5 Å². The normalized spacial score (nSPS) is 36.3. The maximum absolute atomic E-state index is 5.92. The van der Waals surface area contributed by atoms with Gasteiger partial charge in [0.05, 0.1) is 34.5 Å². The van der Waals surface area contributed by atoms with Crippen molar-refractivity contribution in [3.63, 3.8) is 0 Å². The van der Waals surface area contributed by atoms with Crippen LogP contribution in [0, 0.1) is 34.5 Å². The molecule has 0 aromatic heterocycles. The number of methoxy groups -OCH3 is 4. The topological polar surface area (TPSA) is 36.9 Å². The van der Waals surface area contributed by atoms with Crippen LogP contribution in [0.1, 0.15) is 112 Å². The average molecular weight is 713 g/mol. The van der Waals surface area contributed by atoms with Crippen LogP contribution >= 0.6 is 0 Å². The smallest absolute Gasteiger partial charge is 0.174 e. The molecule has 2 aromatic carbocycles. The highest BCUT2D eigenvalue weighted by Gasteiger charge is 2.56. The van der Waals surface area contributed by atoms with Crippen LogP contribution in [0.15, 0.2) is 24.3 Å². The molecule has 280 valence electrons. The van der Waals surface area contributed by atoms with Crippen molar-refractivity contribution >= 4 is 25.4 Å². The van der Waals surface area contributed by atoms with Crippen LogP contribution < -0.4 is 20.1 Å². The molecule has 6 aliphatic carbocycles. The van der Waals surface area contributed by atoms with Gasteiger partial charge in [-0.15, -0.1) is 0 Å². The predicted octanol–water partition coefficient (Wildman–Crippen LogP) is 9.64. The molecule has 6 heteroatoms. The molecule has 8 unspecified atom stereocenters. The number of hydrogen-bond donors (Lipinski definition) is 0. The number of hydrogen-bond acceptors (Lipinski definition) is 4. The van der Waals surface area contributed by atoms with E-state index in [-0.39, 0.29) is 0 Å². The van der Waals surface area contributed by atoms with Crippen LogP contribution in [0.2, 0.25) is 33.3 Å². The molecule has 0 saturated heterocycles. The van der Waals surface area contributed by atoms with E-state index in [1.54, 1.807) is 22.3 Å². The van der Waals surface area contributed by atoms with Crippen LogP contribution in [0.3, 0.4) is 0 Å². The summed E-state index contributed by atoms with van der Waals surface area (Å²) >= 11 is 0. The van der Waals surface area contributed by atoms with Crippen LogP contribution in [0.25, 0.3) is 0 Å². The molecule has 0 amide bonds. The first-order chi connectivity index (χ1) is 24.3. The van der Waals surface area contributed by atoms with E-state index in [1.807, 2.05) is 28.4 Å². The van der Waals surface area contributed by atoms with Crippen LogP contribution in [-0.4, -0.2) is 55.4 Å². The second-order valence-electron chi connectivity index (χ2n) is 19.5. The summed E-state index contributed by atoms with van der Waals surface area (Å²) in [6.07, 6.45) is 16.6. The molecule has 51 heavy (non-hydrogen) atoms. The molecule has 8 rings (SSSR count). The van der Waals surface area contributed by atoms with Gasteiger partial charge in [0, 0.05) is 14.2 Å². The summed E-state index contributed by atoms with van der Waals surface area (Å²) in [5, 5.41) is 1.51.